The Hall–Kier alpha value is -2.78. The van der Waals surface area contributed by atoms with Gasteiger partial charge in [0, 0.05) is 41.1 Å². The Morgan fingerprint density at radius 2 is 2.13 bits per heavy atom. The van der Waals surface area contributed by atoms with Crippen molar-refractivity contribution in [3.63, 3.8) is 0 Å². The molecule has 2 aliphatic carbocycles. The molecule has 1 saturated heterocycles. The maximum Gasteiger partial charge on any atom is 0.310 e. The lowest BCUT2D eigenvalue weighted by molar-refractivity contribution is -0.112. The van der Waals surface area contributed by atoms with Crippen molar-refractivity contribution in [2.45, 2.75) is 24.5 Å². The molecule has 152 valence electrons. The average molecular weight is 430 g/mol. The number of thioether (sulfide) groups is 1. The largest absolute Gasteiger partial charge is 0.325 e. The molecule has 31 heavy (non-hydrogen) atoms. The molecule has 1 aromatic carbocycles. The first kappa shape index (κ1) is 16.9. The van der Waals surface area contributed by atoms with Gasteiger partial charge in [-0.3, -0.25) is 14.6 Å². The second-order valence-electron chi connectivity index (χ2n) is 9.02. The molecule has 7 nitrogen and oxygen atoms in total. The second kappa shape index (κ2) is 4.99. The number of allylic oxidation sites excluding steroid dienone is 2. The van der Waals surface area contributed by atoms with E-state index in [4.69, 9.17) is 9.78 Å². The third-order valence-electron chi connectivity index (χ3n) is 7.31. The zero-order chi connectivity index (χ0) is 20.7. The summed E-state index contributed by atoms with van der Waals surface area (Å²) in [5, 5.41) is 2.64. The second-order valence-corrected chi connectivity index (χ2v) is 9.95. The first-order chi connectivity index (χ1) is 15.0. The Morgan fingerprint density at radius 3 is 2.97 bits per heavy atom. The molecule has 4 aliphatic heterocycles. The summed E-state index contributed by atoms with van der Waals surface area (Å²) >= 11 is 1.79. The van der Waals surface area contributed by atoms with Crippen molar-refractivity contribution < 1.29 is 19.4 Å². The Bertz CT molecular complexity index is 1570. The molecular formula is C23H16N3O4S+. The normalized spacial score (nSPS) is 27.9. The summed E-state index contributed by atoms with van der Waals surface area (Å²) in [5.41, 5.74) is 7.27. The van der Waals surface area contributed by atoms with Gasteiger partial charge in [-0.15, -0.1) is 0 Å². The Labute approximate surface area is 180 Å². The number of ketones is 2. The van der Waals surface area contributed by atoms with Gasteiger partial charge in [-0.2, -0.15) is 9.78 Å². The van der Waals surface area contributed by atoms with Crippen LogP contribution in [0.3, 0.4) is 0 Å². The summed E-state index contributed by atoms with van der Waals surface area (Å²) in [6, 6.07) is 0. The van der Waals surface area contributed by atoms with Crippen LogP contribution in [0, 0.1) is 0 Å². The fourth-order valence-electron chi connectivity index (χ4n) is 6.19. The summed E-state index contributed by atoms with van der Waals surface area (Å²) < 4.78 is 2.73. The van der Waals surface area contributed by atoms with Crippen LogP contribution in [0.5, 0.6) is 0 Å². The molecule has 0 amide bonds. The average Bonchev–Trinajstić information content (AvgIpc) is 3.12. The van der Waals surface area contributed by atoms with E-state index >= 15 is 0 Å². The molecule has 0 radical (unpaired) electrons. The van der Waals surface area contributed by atoms with Crippen LogP contribution in [-0.4, -0.2) is 41.1 Å². The molecule has 8 rings (SSSR count). The molecule has 1 fully saturated rings. The van der Waals surface area contributed by atoms with E-state index in [1.807, 2.05) is 12.4 Å². The van der Waals surface area contributed by atoms with E-state index in [1.165, 1.54) is 0 Å². The first-order valence-electron chi connectivity index (χ1n) is 10.3. The van der Waals surface area contributed by atoms with E-state index in [0.717, 1.165) is 55.4 Å². The molecule has 6 aliphatic rings. The number of aliphatic imine (C=N–C) groups is 1. The number of carbonyl (C=O) groups is 2. The Balaban J connectivity index is 1.65. The van der Waals surface area contributed by atoms with Gasteiger partial charge in [-0.05, 0) is 0 Å². The van der Waals surface area contributed by atoms with Crippen LogP contribution in [0.4, 0.5) is 5.69 Å². The molecule has 2 aromatic rings. The molecule has 8 heteroatoms. The van der Waals surface area contributed by atoms with Gasteiger partial charge in [0.15, 0.2) is 23.0 Å². The van der Waals surface area contributed by atoms with E-state index < -0.39 is 5.79 Å². The van der Waals surface area contributed by atoms with Crippen molar-refractivity contribution >= 4 is 64.0 Å². The van der Waals surface area contributed by atoms with Gasteiger partial charge in [-0.1, -0.05) is 23.9 Å². The number of rotatable bonds is 0. The number of quaternary nitrogens is 1. The van der Waals surface area contributed by atoms with Gasteiger partial charge in [0.2, 0.25) is 0 Å². The standard InChI is InChI=1S/C23H16N3O4S/c1-26-10-31-9-25-15-5-11(27)6-16(28)19(15)18-14-8-24-7-13(14)17(21(26)20(18)25)12-3-2-4-23(22(12)26)29-30-23/h2-3,5,7-8H,4,6,9-10H2,1H3/q+1. The maximum atomic E-state index is 13.1. The number of carbonyl (C=O) groups excluding carboxylic acids is 2. The van der Waals surface area contributed by atoms with Crippen LogP contribution in [0.2, 0.25) is 0 Å². The van der Waals surface area contributed by atoms with Crippen molar-refractivity contribution in [2.24, 2.45) is 4.99 Å². The summed E-state index contributed by atoms with van der Waals surface area (Å²) in [7, 11) is 2.21. The number of aromatic nitrogens is 1. The molecule has 1 aromatic heterocycles. The number of likely N-dealkylation sites (N-methyl/N-ethyl adjacent to an activating group) is 1. The third-order valence-corrected chi connectivity index (χ3v) is 8.45. The highest BCUT2D eigenvalue weighted by Gasteiger charge is 2.66. The fraction of sp³-hybridized carbons (Fsp3) is 0.261. The molecule has 1 atom stereocenters. The zero-order valence-electron chi connectivity index (χ0n) is 16.6. The van der Waals surface area contributed by atoms with Gasteiger partial charge < -0.3 is 4.57 Å². The number of hydrogen-bond donors (Lipinski definition) is 0. The SMILES string of the molecule is C[N+]12CSCn3c4c(c5c6c(c(c1c53)C1=C2C2(CC=C1)OO2)C=NC=6)C(=O)CC(=O)C=4. The van der Waals surface area contributed by atoms with Crippen LogP contribution >= 0.6 is 11.8 Å². The predicted molar refractivity (Wildman–Crippen MR) is 117 cm³/mol. The van der Waals surface area contributed by atoms with Gasteiger partial charge in [0.05, 0.1) is 41.4 Å². The monoisotopic (exact) mass is 430 g/mol. The van der Waals surface area contributed by atoms with Crippen molar-refractivity contribution in [3.8, 4) is 0 Å². The Kier molecular flexibility index (Phi) is 2.71. The molecule has 0 bridgehead atoms. The first-order valence-corrected chi connectivity index (χ1v) is 11.5. The highest BCUT2D eigenvalue weighted by atomic mass is 32.2. The van der Waals surface area contributed by atoms with Gasteiger partial charge in [0.1, 0.15) is 11.4 Å². The lowest BCUT2D eigenvalue weighted by Gasteiger charge is -2.32. The minimum absolute atomic E-state index is 0.0691. The van der Waals surface area contributed by atoms with Crippen LogP contribution in [-0.2, 0) is 20.4 Å². The van der Waals surface area contributed by atoms with Crippen molar-refractivity contribution in [3.05, 3.63) is 45.1 Å². The lowest BCUT2D eigenvalue weighted by atomic mass is 9.90. The minimum atomic E-state index is -0.712. The predicted octanol–water partition coefficient (Wildman–Crippen LogP) is 1.69. The van der Waals surface area contributed by atoms with E-state index in [-0.39, 0.29) is 18.0 Å². The van der Waals surface area contributed by atoms with Crippen molar-refractivity contribution in [2.75, 3.05) is 12.9 Å². The Morgan fingerprint density at radius 1 is 1.26 bits per heavy atom. The third kappa shape index (κ3) is 1.72. The molecular weight excluding hydrogens is 414 g/mol. The van der Waals surface area contributed by atoms with Crippen LogP contribution < -0.4 is 15.1 Å². The highest BCUT2D eigenvalue weighted by molar-refractivity contribution is 7.98. The maximum absolute atomic E-state index is 13.1. The molecule has 1 unspecified atom stereocenters. The van der Waals surface area contributed by atoms with E-state index in [2.05, 4.69) is 28.8 Å². The van der Waals surface area contributed by atoms with Gasteiger partial charge in [-0.25, -0.2) is 4.48 Å². The quantitative estimate of drug-likeness (QED) is 0.275. The fourth-order valence-corrected chi connectivity index (χ4v) is 7.35. The molecule has 5 heterocycles. The zero-order valence-corrected chi connectivity index (χ0v) is 17.4. The molecule has 1 spiro atoms. The summed E-state index contributed by atoms with van der Waals surface area (Å²) in [4.78, 5) is 41.1. The smallest absolute Gasteiger partial charge is 0.310 e. The van der Waals surface area contributed by atoms with E-state index in [0.29, 0.717) is 22.3 Å². The number of fused-ring (bicyclic) bond motifs is 9. The van der Waals surface area contributed by atoms with Crippen LogP contribution in [0.25, 0.3) is 28.8 Å². The number of nitrogens with zero attached hydrogens (tertiary/aromatic N) is 3. The van der Waals surface area contributed by atoms with Crippen molar-refractivity contribution in [1.29, 1.82) is 0 Å². The summed E-state index contributed by atoms with van der Waals surface area (Å²) in [6.45, 7) is 0. The van der Waals surface area contributed by atoms with E-state index in [1.54, 1.807) is 17.8 Å². The van der Waals surface area contributed by atoms with Gasteiger partial charge >= 0.3 is 5.79 Å². The van der Waals surface area contributed by atoms with Crippen molar-refractivity contribution in [1.82, 2.24) is 9.05 Å². The van der Waals surface area contributed by atoms with Gasteiger partial charge in [0.25, 0.3) is 0 Å². The van der Waals surface area contributed by atoms with Crippen LogP contribution in [0.1, 0.15) is 34.3 Å². The minimum Gasteiger partial charge on any atom is -0.325 e. The number of benzene rings is 1. The number of Topliss-reactive ketones (excluding diaryl/α,β-unsaturated/α-hetero) is 2. The van der Waals surface area contributed by atoms with E-state index in [9.17, 15) is 9.59 Å². The summed E-state index contributed by atoms with van der Waals surface area (Å²) in [5.74, 6) is 0.540. The highest BCUT2D eigenvalue weighted by Crippen LogP contribution is 2.60. The lowest BCUT2D eigenvalue weighted by Crippen LogP contribution is -2.47. The topological polar surface area (TPSA) is 76.5 Å². The molecule has 0 N–H and O–H groups in total. The number of hydrogen-bond acceptors (Lipinski definition) is 6. The summed E-state index contributed by atoms with van der Waals surface area (Å²) in [6.07, 6.45) is 10.3. The van der Waals surface area contributed by atoms with Crippen LogP contribution in [0.15, 0.2) is 22.8 Å². The molecule has 0 saturated carbocycles.